The van der Waals surface area contributed by atoms with Crippen LogP contribution in [0, 0.1) is 0 Å². The molecule has 0 saturated carbocycles. The molecule has 0 bridgehead atoms. The number of hydrazone groups is 1. The molecule has 3 aromatic rings. The molecule has 0 aliphatic heterocycles. The topological polar surface area (TPSA) is 98.8 Å². The van der Waals surface area contributed by atoms with Crippen molar-refractivity contribution in [2.24, 2.45) is 5.10 Å². The standard InChI is InChI=1S/C18H14Cl2N4O3S/c1-26-15-6-10(8-22-24-18-23-16(21)9-28-18)2-5-14(15)27-17(25)12-4-3-11(19)7-13(12)20/h2-9H,21H2,1H3,(H,23,24). The maximum atomic E-state index is 12.4. The van der Waals surface area contributed by atoms with Crippen LogP contribution in [0.15, 0.2) is 46.9 Å². The van der Waals surface area contributed by atoms with Gasteiger partial charge in [0.2, 0.25) is 5.13 Å². The van der Waals surface area contributed by atoms with Crippen LogP contribution in [0.4, 0.5) is 10.9 Å². The number of hydrogen-bond donors (Lipinski definition) is 2. The van der Waals surface area contributed by atoms with Gasteiger partial charge in [-0.2, -0.15) is 5.10 Å². The highest BCUT2D eigenvalue weighted by atomic mass is 35.5. The minimum atomic E-state index is -0.621. The number of benzene rings is 2. The fraction of sp³-hybridized carbons (Fsp3) is 0.0556. The highest BCUT2D eigenvalue weighted by Gasteiger charge is 2.16. The first-order chi connectivity index (χ1) is 13.5. The van der Waals surface area contributed by atoms with E-state index in [4.69, 9.17) is 38.4 Å². The molecule has 144 valence electrons. The number of anilines is 2. The molecule has 0 fully saturated rings. The average molecular weight is 437 g/mol. The van der Waals surface area contributed by atoms with Crippen LogP contribution >= 0.6 is 34.5 Å². The zero-order valence-electron chi connectivity index (χ0n) is 14.5. The summed E-state index contributed by atoms with van der Waals surface area (Å²) in [4.78, 5) is 16.4. The first kappa shape index (κ1) is 19.9. The summed E-state index contributed by atoms with van der Waals surface area (Å²) in [5.74, 6) is 0.415. The molecule has 2 aromatic carbocycles. The summed E-state index contributed by atoms with van der Waals surface area (Å²) < 4.78 is 10.7. The molecule has 0 amide bonds. The molecule has 0 spiro atoms. The first-order valence-corrected chi connectivity index (χ1v) is 9.45. The third kappa shape index (κ3) is 4.92. The van der Waals surface area contributed by atoms with Crippen molar-refractivity contribution >= 4 is 57.7 Å². The van der Waals surface area contributed by atoms with Gasteiger partial charge < -0.3 is 15.2 Å². The highest BCUT2D eigenvalue weighted by molar-refractivity contribution is 7.14. The predicted molar refractivity (Wildman–Crippen MR) is 112 cm³/mol. The maximum Gasteiger partial charge on any atom is 0.345 e. The Morgan fingerprint density at radius 1 is 1.25 bits per heavy atom. The Morgan fingerprint density at radius 3 is 2.75 bits per heavy atom. The molecule has 0 aliphatic carbocycles. The number of thiazole rings is 1. The van der Waals surface area contributed by atoms with Gasteiger partial charge in [0.1, 0.15) is 5.82 Å². The summed E-state index contributed by atoms with van der Waals surface area (Å²) >= 11 is 13.2. The Bertz CT molecular complexity index is 1040. The van der Waals surface area contributed by atoms with Crippen LogP contribution in [0.3, 0.4) is 0 Å². The summed E-state index contributed by atoms with van der Waals surface area (Å²) in [5.41, 5.74) is 9.25. The van der Waals surface area contributed by atoms with Crippen LogP contribution in [-0.2, 0) is 0 Å². The van der Waals surface area contributed by atoms with E-state index in [1.165, 1.54) is 30.6 Å². The van der Waals surface area contributed by atoms with E-state index in [1.807, 2.05) is 0 Å². The number of rotatable bonds is 6. The van der Waals surface area contributed by atoms with Crippen LogP contribution in [-0.4, -0.2) is 24.3 Å². The van der Waals surface area contributed by atoms with Crippen LogP contribution in [0.25, 0.3) is 0 Å². The van der Waals surface area contributed by atoms with Crippen molar-refractivity contribution in [3.8, 4) is 11.5 Å². The van der Waals surface area contributed by atoms with Gasteiger partial charge >= 0.3 is 5.97 Å². The molecule has 1 aromatic heterocycles. The number of nitrogens with one attached hydrogen (secondary N) is 1. The van der Waals surface area contributed by atoms with Gasteiger partial charge in [-0.25, -0.2) is 9.78 Å². The number of nitrogens with two attached hydrogens (primary N) is 1. The third-order valence-corrected chi connectivity index (χ3v) is 4.75. The van der Waals surface area contributed by atoms with E-state index in [0.29, 0.717) is 21.7 Å². The van der Waals surface area contributed by atoms with Crippen molar-refractivity contribution in [2.45, 2.75) is 0 Å². The molecular formula is C18H14Cl2N4O3S. The number of nitrogen functional groups attached to an aromatic ring is 1. The van der Waals surface area contributed by atoms with E-state index in [9.17, 15) is 4.79 Å². The fourth-order valence-electron chi connectivity index (χ4n) is 2.16. The largest absolute Gasteiger partial charge is 0.493 e. The molecule has 3 N–H and O–H groups in total. The lowest BCUT2D eigenvalue weighted by Crippen LogP contribution is -2.10. The maximum absolute atomic E-state index is 12.4. The number of methoxy groups -OCH3 is 1. The van der Waals surface area contributed by atoms with Gasteiger partial charge in [0, 0.05) is 10.4 Å². The molecule has 10 heteroatoms. The van der Waals surface area contributed by atoms with E-state index in [2.05, 4.69) is 15.5 Å². The zero-order chi connectivity index (χ0) is 20.1. The van der Waals surface area contributed by atoms with E-state index in [-0.39, 0.29) is 16.3 Å². The Morgan fingerprint density at radius 2 is 2.07 bits per heavy atom. The quantitative estimate of drug-likeness (QED) is 0.251. The zero-order valence-corrected chi connectivity index (χ0v) is 16.8. The van der Waals surface area contributed by atoms with Gasteiger partial charge in [0.05, 0.1) is 23.9 Å². The Balaban J connectivity index is 1.72. The summed E-state index contributed by atoms with van der Waals surface area (Å²) in [7, 11) is 1.47. The Hall–Kier alpha value is -2.81. The highest BCUT2D eigenvalue weighted by Crippen LogP contribution is 2.30. The summed E-state index contributed by atoms with van der Waals surface area (Å²) in [6.45, 7) is 0. The predicted octanol–water partition coefficient (Wildman–Crippen LogP) is 4.71. The number of halogens is 2. The number of ether oxygens (including phenoxy) is 2. The Labute approximate surface area is 174 Å². The number of esters is 1. The van der Waals surface area contributed by atoms with Crippen LogP contribution in [0.2, 0.25) is 10.0 Å². The van der Waals surface area contributed by atoms with Gasteiger partial charge in [-0.3, -0.25) is 5.43 Å². The fourth-order valence-corrected chi connectivity index (χ4v) is 3.19. The minimum Gasteiger partial charge on any atom is -0.493 e. The van der Waals surface area contributed by atoms with Gasteiger partial charge in [-0.15, -0.1) is 11.3 Å². The van der Waals surface area contributed by atoms with E-state index in [0.717, 1.165) is 5.56 Å². The lowest BCUT2D eigenvalue weighted by atomic mass is 10.2. The number of carbonyl (C=O) groups excluding carboxylic acids is 1. The molecule has 0 radical (unpaired) electrons. The monoisotopic (exact) mass is 436 g/mol. The summed E-state index contributed by atoms with van der Waals surface area (Å²) in [5, 5.41) is 6.99. The van der Waals surface area contributed by atoms with Crippen molar-refractivity contribution in [1.82, 2.24) is 4.98 Å². The van der Waals surface area contributed by atoms with Gasteiger partial charge in [0.25, 0.3) is 0 Å². The third-order valence-electron chi connectivity index (χ3n) is 3.44. The van der Waals surface area contributed by atoms with Crippen molar-refractivity contribution in [3.63, 3.8) is 0 Å². The number of hydrogen-bond acceptors (Lipinski definition) is 8. The lowest BCUT2D eigenvalue weighted by Gasteiger charge is -2.10. The lowest BCUT2D eigenvalue weighted by molar-refractivity contribution is 0.0730. The SMILES string of the molecule is COc1cc(C=NNc2nc(N)cs2)ccc1OC(=O)c1ccc(Cl)cc1Cl. The van der Waals surface area contributed by atoms with Crippen molar-refractivity contribution in [2.75, 3.05) is 18.3 Å². The van der Waals surface area contributed by atoms with Crippen molar-refractivity contribution in [1.29, 1.82) is 0 Å². The van der Waals surface area contributed by atoms with E-state index < -0.39 is 5.97 Å². The Kier molecular flexibility index (Phi) is 6.35. The second-order valence-corrected chi connectivity index (χ2v) is 7.07. The molecule has 0 unspecified atom stereocenters. The smallest absolute Gasteiger partial charge is 0.345 e. The van der Waals surface area contributed by atoms with Crippen LogP contribution in [0.5, 0.6) is 11.5 Å². The van der Waals surface area contributed by atoms with Crippen LogP contribution in [0.1, 0.15) is 15.9 Å². The summed E-state index contributed by atoms with van der Waals surface area (Å²) in [6, 6.07) is 9.52. The number of aromatic nitrogens is 1. The van der Waals surface area contributed by atoms with Gasteiger partial charge in [0.15, 0.2) is 11.5 Å². The van der Waals surface area contributed by atoms with E-state index in [1.54, 1.807) is 35.9 Å². The van der Waals surface area contributed by atoms with Crippen LogP contribution < -0.4 is 20.6 Å². The minimum absolute atomic E-state index is 0.200. The summed E-state index contributed by atoms with van der Waals surface area (Å²) in [6.07, 6.45) is 1.57. The second kappa shape index (κ2) is 8.92. The second-order valence-electron chi connectivity index (χ2n) is 5.37. The molecule has 3 rings (SSSR count). The number of nitrogens with zero attached hydrogens (tertiary/aromatic N) is 2. The van der Waals surface area contributed by atoms with Gasteiger partial charge in [-0.1, -0.05) is 23.2 Å². The molecule has 7 nitrogen and oxygen atoms in total. The molecule has 1 heterocycles. The van der Waals surface area contributed by atoms with Crippen molar-refractivity contribution < 1.29 is 14.3 Å². The molecule has 0 aliphatic rings. The molecule has 0 atom stereocenters. The average Bonchev–Trinajstić information content (AvgIpc) is 3.07. The number of carbonyl (C=O) groups is 1. The normalized spacial score (nSPS) is 10.8. The molecular weight excluding hydrogens is 423 g/mol. The molecule has 28 heavy (non-hydrogen) atoms. The van der Waals surface area contributed by atoms with E-state index >= 15 is 0 Å². The van der Waals surface area contributed by atoms with Crippen molar-refractivity contribution in [3.05, 3.63) is 63.0 Å². The van der Waals surface area contributed by atoms with Gasteiger partial charge in [-0.05, 0) is 42.0 Å². The first-order valence-electron chi connectivity index (χ1n) is 7.81. The molecule has 0 saturated heterocycles.